The summed E-state index contributed by atoms with van der Waals surface area (Å²) in [6.07, 6.45) is 5.61. The van der Waals surface area contributed by atoms with Gasteiger partial charge in [-0.1, -0.05) is 19.9 Å². The van der Waals surface area contributed by atoms with E-state index in [1.54, 1.807) is 6.20 Å². The number of nitrogens with one attached hydrogen (secondary N) is 1. The van der Waals surface area contributed by atoms with Crippen molar-refractivity contribution < 1.29 is 4.79 Å². The summed E-state index contributed by atoms with van der Waals surface area (Å²) >= 11 is 0. The number of benzene rings is 1. The minimum Gasteiger partial charge on any atom is -0.342 e. The van der Waals surface area contributed by atoms with Crippen molar-refractivity contribution in [2.45, 2.75) is 19.9 Å². The maximum absolute atomic E-state index is 12.7. The standard InChI is InChI=1S/C18H19N3O/c1-13(2)17(21-11-3-4-12-21)18(22)20-16-9-5-8-15-14(16)7-6-10-19-15/h3-13,17H,1-2H3,(H,20,22)/t17-/m1/s1. The average Bonchev–Trinajstić information content (AvgIpc) is 3.01. The predicted octanol–water partition coefficient (Wildman–Crippen LogP) is 3.87. The molecule has 112 valence electrons. The van der Waals surface area contributed by atoms with Gasteiger partial charge in [0, 0.05) is 24.0 Å². The molecule has 1 amide bonds. The van der Waals surface area contributed by atoms with E-state index in [1.807, 2.05) is 59.4 Å². The number of pyridine rings is 1. The Morgan fingerprint density at radius 3 is 2.59 bits per heavy atom. The lowest BCUT2D eigenvalue weighted by atomic mass is 10.0. The van der Waals surface area contributed by atoms with E-state index in [2.05, 4.69) is 24.1 Å². The third kappa shape index (κ3) is 2.72. The lowest BCUT2D eigenvalue weighted by Crippen LogP contribution is -2.29. The highest BCUT2D eigenvalue weighted by atomic mass is 16.2. The number of aromatic nitrogens is 2. The van der Waals surface area contributed by atoms with Gasteiger partial charge in [0.15, 0.2) is 0 Å². The van der Waals surface area contributed by atoms with Crippen molar-refractivity contribution in [1.82, 2.24) is 9.55 Å². The van der Waals surface area contributed by atoms with Crippen molar-refractivity contribution in [3.8, 4) is 0 Å². The molecule has 3 aromatic rings. The second-order valence-electron chi connectivity index (χ2n) is 5.68. The Labute approximate surface area is 129 Å². The van der Waals surface area contributed by atoms with E-state index >= 15 is 0 Å². The van der Waals surface area contributed by atoms with Gasteiger partial charge in [-0.25, -0.2) is 0 Å². The number of carbonyl (C=O) groups is 1. The van der Waals surface area contributed by atoms with Crippen molar-refractivity contribution in [3.63, 3.8) is 0 Å². The summed E-state index contributed by atoms with van der Waals surface area (Å²) in [4.78, 5) is 17.1. The Hall–Kier alpha value is -2.62. The molecule has 1 aromatic carbocycles. The number of hydrogen-bond donors (Lipinski definition) is 1. The molecule has 0 unspecified atom stereocenters. The van der Waals surface area contributed by atoms with Crippen molar-refractivity contribution >= 4 is 22.5 Å². The van der Waals surface area contributed by atoms with Gasteiger partial charge in [0.1, 0.15) is 6.04 Å². The SMILES string of the molecule is CC(C)[C@H](C(=O)Nc1cccc2ncccc12)n1cccc1. The summed E-state index contributed by atoms with van der Waals surface area (Å²) in [5.74, 6) is 0.183. The van der Waals surface area contributed by atoms with E-state index in [-0.39, 0.29) is 17.9 Å². The summed E-state index contributed by atoms with van der Waals surface area (Å²) in [5, 5.41) is 4.01. The van der Waals surface area contributed by atoms with Crippen molar-refractivity contribution in [2.24, 2.45) is 5.92 Å². The molecule has 0 aliphatic heterocycles. The zero-order chi connectivity index (χ0) is 15.5. The fourth-order valence-corrected chi connectivity index (χ4v) is 2.73. The fraction of sp³-hybridized carbons (Fsp3) is 0.222. The van der Waals surface area contributed by atoms with Gasteiger partial charge in [-0.3, -0.25) is 9.78 Å². The van der Waals surface area contributed by atoms with Crippen LogP contribution < -0.4 is 5.32 Å². The van der Waals surface area contributed by atoms with Crippen LogP contribution in [0.15, 0.2) is 61.1 Å². The topological polar surface area (TPSA) is 46.9 Å². The number of anilines is 1. The highest BCUT2D eigenvalue weighted by Gasteiger charge is 2.23. The summed E-state index contributed by atoms with van der Waals surface area (Å²) in [5.41, 5.74) is 1.68. The molecule has 0 bridgehead atoms. The minimum atomic E-state index is -0.234. The van der Waals surface area contributed by atoms with E-state index in [9.17, 15) is 4.79 Å². The molecule has 0 fully saturated rings. The van der Waals surface area contributed by atoms with Crippen LogP contribution >= 0.6 is 0 Å². The van der Waals surface area contributed by atoms with Crippen molar-refractivity contribution in [2.75, 3.05) is 5.32 Å². The van der Waals surface area contributed by atoms with Crippen LogP contribution in [0.25, 0.3) is 10.9 Å². The molecule has 0 aliphatic carbocycles. The number of fused-ring (bicyclic) bond motifs is 1. The molecule has 0 aliphatic rings. The monoisotopic (exact) mass is 293 g/mol. The quantitative estimate of drug-likeness (QED) is 0.793. The first-order valence-corrected chi connectivity index (χ1v) is 7.44. The molecule has 0 saturated carbocycles. The zero-order valence-corrected chi connectivity index (χ0v) is 12.7. The highest BCUT2D eigenvalue weighted by molar-refractivity contribution is 6.02. The normalized spacial score (nSPS) is 12.5. The summed E-state index contributed by atoms with van der Waals surface area (Å²) in [7, 11) is 0. The molecule has 2 heterocycles. The van der Waals surface area contributed by atoms with Gasteiger partial charge in [-0.15, -0.1) is 0 Å². The zero-order valence-electron chi connectivity index (χ0n) is 12.7. The number of nitrogens with zero attached hydrogens (tertiary/aromatic N) is 2. The second kappa shape index (κ2) is 6.02. The molecule has 4 nitrogen and oxygen atoms in total. The molecule has 0 spiro atoms. The van der Waals surface area contributed by atoms with Gasteiger partial charge in [0.2, 0.25) is 5.91 Å². The number of amides is 1. The lowest BCUT2D eigenvalue weighted by Gasteiger charge is -2.22. The molecule has 22 heavy (non-hydrogen) atoms. The van der Waals surface area contributed by atoms with Crippen LogP contribution in [-0.4, -0.2) is 15.5 Å². The summed E-state index contributed by atoms with van der Waals surface area (Å²) in [6, 6.07) is 13.2. The molecule has 0 radical (unpaired) electrons. The third-order valence-electron chi connectivity index (χ3n) is 3.75. The van der Waals surface area contributed by atoms with E-state index < -0.39 is 0 Å². The first kappa shape index (κ1) is 14.3. The summed E-state index contributed by atoms with van der Waals surface area (Å²) < 4.78 is 1.95. The largest absolute Gasteiger partial charge is 0.342 e. The maximum atomic E-state index is 12.7. The lowest BCUT2D eigenvalue weighted by molar-refractivity contribution is -0.120. The van der Waals surface area contributed by atoms with E-state index in [0.29, 0.717) is 0 Å². The third-order valence-corrected chi connectivity index (χ3v) is 3.75. The predicted molar refractivity (Wildman–Crippen MR) is 88.7 cm³/mol. The Morgan fingerprint density at radius 1 is 1.09 bits per heavy atom. The van der Waals surface area contributed by atoms with E-state index in [1.165, 1.54) is 0 Å². The van der Waals surface area contributed by atoms with E-state index in [0.717, 1.165) is 16.6 Å². The van der Waals surface area contributed by atoms with Gasteiger partial charge in [0.25, 0.3) is 0 Å². The molecule has 3 rings (SSSR count). The fourth-order valence-electron chi connectivity index (χ4n) is 2.73. The Bertz CT molecular complexity index is 773. The Kier molecular flexibility index (Phi) is 3.92. The Morgan fingerprint density at radius 2 is 1.86 bits per heavy atom. The Balaban J connectivity index is 1.92. The van der Waals surface area contributed by atoms with Gasteiger partial charge < -0.3 is 9.88 Å². The highest BCUT2D eigenvalue weighted by Crippen LogP contribution is 2.25. The average molecular weight is 293 g/mol. The van der Waals surface area contributed by atoms with E-state index in [4.69, 9.17) is 0 Å². The molecule has 1 atom stereocenters. The van der Waals surface area contributed by atoms with Gasteiger partial charge in [0.05, 0.1) is 11.2 Å². The van der Waals surface area contributed by atoms with Crippen LogP contribution in [0.4, 0.5) is 5.69 Å². The van der Waals surface area contributed by atoms with Crippen LogP contribution in [0.2, 0.25) is 0 Å². The van der Waals surface area contributed by atoms with Crippen LogP contribution in [-0.2, 0) is 4.79 Å². The smallest absolute Gasteiger partial charge is 0.247 e. The van der Waals surface area contributed by atoms with Crippen molar-refractivity contribution in [1.29, 1.82) is 0 Å². The molecular weight excluding hydrogens is 274 g/mol. The first-order chi connectivity index (χ1) is 10.7. The van der Waals surface area contributed by atoms with Gasteiger partial charge in [-0.2, -0.15) is 0 Å². The van der Waals surface area contributed by atoms with Crippen LogP contribution in [0, 0.1) is 5.92 Å². The van der Waals surface area contributed by atoms with Crippen LogP contribution in [0.5, 0.6) is 0 Å². The van der Waals surface area contributed by atoms with Gasteiger partial charge in [-0.05, 0) is 42.3 Å². The number of rotatable bonds is 4. The molecule has 1 N–H and O–H groups in total. The number of carbonyl (C=O) groups excluding carboxylic acids is 1. The second-order valence-corrected chi connectivity index (χ2v) is 5.68. The molecular formula is C18H19N3O. The minimum absolute atomic E-state index is 0.0115. The molecule has 0 saturated heterocycles. The molecule has 4 heteroatoms. The number of hydrogen-bond acceptors (Lipinski definition) is 2. The van der Waals surface area contributed by atoms with Crippen LogP contribution in [0.1, 0.15) is 19.9 Å². The van der Waals surface area contributed by atoms with Gasteiger partial charge >= 0.3 is 0 Å². The maximum Gasteiger partial charge on any atom is 0.247 e. The van der Waals surface area contributed by atoms with Crippen LogP contribution in [0.3, 0.4) is 0 Å². The van der Waals surface area contributed by atoms with Crippen molar-refractivity contribution in [3.05, 3.63) is 61.1 Å². The summed E-state index contributed by atoms with van der Waals surface area (Å²) in [6.45, 7) is 4.10. The first-order valence-electron chi connectivity index (χ1n) is 7.44. The molecule has 2 aromatic heterocycles.